The number of carbonyl (C=O) groups excluding carboxylic acids is 1. The third-order valence-corrected chi connectivity index (χ3v) is 17.2. The molecule has 9 nitrogen and oxygen atoms in total. The molecule has 4 atom stereocenters. The second-order valence-corrected chi connectivity index (χ2v) is 19.2. The summed E-state index contributed by atoms with van der Waals surface area (Å²) in [5.74, 6) is -0.722. The van der Waals surface area contributed by atoms with E-state index in [1.807, 2.05) is 0 Å². The molecule has 0 aliphatic carbocycles. The van der Waals surface area contributed by atoms with Crippen molar-refractivity contribution in [3.8, 4) is 0 Å². The van der Waals surface area contributed by atoms with Gasteiger partial charge in [-0.15, -0.1) is 5.10 Å². The van der Waals surface area contributed by atoms with Crippen LogP contribution >= 0.6 is 0 Å². The maximum atomic E-state index is 11.5. The van der Waals surface area contributed by atoms with Crippen LogP contribution in [-0.2, 0) is 17.7 Å². The lowest BCUT2D eigenvalue weighted by Gasteiger charge is -2.51. The van der Waals surface area contributed by atoms with E-state index in [1.165, 1.54) is 6.33 Å². The van der Waals surface area contributed by atoms with Crippen LogP contribution in [0.1, 0.15) is 79.2 Å². The molecule has 0 bridgehead atoms. The fourth-order valence-electron chi connectivity index (χ4n) is 5.15. The molecule has 1 aromatic rings. The van der Waals surface area contributed by atoms with E-state index >= 15 is 0 Å². The fraction of sp³-hybridized carbons (Fsp3) is 0.857. The average Bonchev–Trinajstić information content (AvgIpc) is 3.27. The lowest BCUT2D eigenvalue weighted by atomic mass is 10.0. The zero-order valence-corrected chi connectivity index (χ0v) is 22.9. The van der Waals surface area contributed by atoms with Gasteiger partial charge in [-0.25, -0.2) is 9.67 Å². The summed E-state index contributed by atoms with van der Waals surface area (Å²) in [6.45, 7) is 20.1. The Labute approximate surface area is 193 Å². The summed E-state index contributed by atoms with van der Waals surface area (Å²) in [5, 5.41) is 4.24. The summed E-state index contributed by atoms with van der Waals surface area (Å²) in [7, 11) is -5.33. The highest BCUT2D eigenvalue weighted by molar-refractivity contribution is 6.83. The van der Waals surface area contributed by atoms with Crippen LogP contribution in [0.3, 0.4) is 0 Å². The zero-order valence-electron chi connectivity index (χ0n) is 20.9. The highest BCUT2D eigenvalue weighted by Gasteiger charge is 2.61. The van der Waals surface area contributed by atoms with Gasteiger partial charge in [-0.1, -0.05) is 62.3 Å². The number of aromatic nitrogens is 3. The number of nitrogens with two attached hydrogens (primary N) is 1. The lowest BCUT2D eigenvalue weighted by Crippen LogP contribution is -2.65. The van der Waals surface area contributed by atoms with Gasteiger partial charge in [0.2, 0.25) is 5.82 Å². The third-order valence-electron chi connectivity index (χ3n) is 6.97. The molecule has 2 fully saturated rings. The Morgan fingerprint density at radius 3 is 2.09 bits per heavy atom. The minimum Gasteiger partial charge on any atom is -0.414 e. The van der Waals surface area contributed by atoms with Crippen molar-refractivity contribution >= 4 is 23.0 Å². The van der Waals surface area contributed by atoms with Crippen LogP contribution in [0.15, 0.2) is 6.33 Å². The van der Waals surface area contributed by atoms with Gasteiger partial charge < -0.3 is 23.4 Å². The highest BCUT2D eigenvalue weighted by Crippen LogP contribution is 2.49. The van der Waals surface area contributed by atoms with Gasteiger partial charge in [0.15, 0.2) is 6.23 Å². The van der Waals surface area contributed by atoms with Crippen molar-refractivity contribution in [3.05, 3.63) is 12.2 Å². The van der Waals surface area contributed by atoms with Gasteiger partial charge in [0.25, 0.3) is 5.91 Å². The molecule has 0 saturated carbocycles. The smallest absolute Gasteiger partial charge is 0.335 e. The summed E-state index contributed by atoms with van der Waals surface area (Å²) in [6.07, 6.45) is 0.611. The molecule has 1 aromatic heterocycles. The van der Waals surface area contributed by atoms with Crippen molar-refractivity contribution in [2.45, 2.75) is 103 Å². The predicted octanol–water partition coefficient (Wildman–Crippen LogP) is 3.87. The number of amides is 1. The Balaban J connectivity index is 2.03. The zero-order chi connectivity index (χ0) is 24.0. The average molecular weight is 485 g/mol. The number of carbonyl (C=O) groups is 1. The lowest BCUT2D eigenvalue weighted by molar-refractivity contribution is -0.0595. The number of hydrogen-bond donors (Lipinski definition) is 1. The van der Waals surface area contributed by atoms with Crippen LogP contribution < -0.4 is 5.73 Å². The normalized spacial score (nSPS) is 30.0. The Bertz CT molecular complexity index is 800. The molecule has 2 aliphatic rings. The molecule has 0 spiro atoms. The maximum Gasteiger partial charge on any atom is 0.335 e. The minimum absolute atomic E-state index is 0.0234. The van der Waals surface area contributed by atoms with Crippen molar-refractivity contribution in [3.63, 3.8) is 0 Å². The van der Waals surface area contributed by atoms with Crippen molar-refractivity contribution in [1.29, 1.82) is 0 Å². The van der Waals surface area contributed by atoms with Crippen molar-refractivity contribution in [2.75, 3.05) is 6.61 Å². The molecular formula is C21H40N4O5Si2. The van der Waals surface area contributed by atoms with Crippen molar-refractivity contribution < 1.29 is 22.5 Å². The van der Waals surface area contributed by atoms with Gasteiger partial charge in [-0.05, 0) is 22.2 Å². The molecule has 2 saturated heterocycles. The first-order chi connectivity index (χ1) is 14.9. The summed E-state index contributed by atoms with van der Waals surface area (Å²) in [6, 6.07) is 0. The summed E-state index contributed by atoms with van der Waals surface area (Å²) in [4.78, 5) is 15.5. The largest absolute Gasteiger partial charge is 0.414 e. The van der Waals surface area contributed by atoms with Gasteiger partial charge >= 0.3 is 17.1 Å². The molecule has 182 valence electrons. The van der Waals surface area contributed by atoms with E-state index in [-0.39, 0.29) is 46.1 Å². The van der Waals surface area contributed by atoms with E-state index < -0.39 is 29.3 Å². The van der Waals surface area contributed by atoms with Gasteiger partial charge in [-0.2, -0.15) is 0 Å². The van der Waals surface area contributed by atoms with Crippen LogP contribution in [0, 0.1) is 5.92 Å². The molecular weight excluding hydrogens is 444 g/mol. The van der Waals surface area contributed by atoms with Gasteiger partial charge in [0.1, 0.15) is 12.4 Å². The van der Waals surface area contributed by atoms with E-state index in [9.17, 15) is 4.79 Å². The number of nitrogens with zero attached hydrogens (tertiary/aromatic N) is 3. The quantitative estimate of drug-likeness (QED) is 0.610. The minimum atomic E-state index is -2.71. The van der Waals surface area contributed by atoms with E-state index in [2.05, 4.69) is 72.4 Å². The number of hydrogen-bond acceptors (Lipinski definition) is 7. The first-order valence-electron chi connectivity index (χ1n) is 11.7. The number of rotatable bonds is 6. The van der Waals surface area contributed by atoms with Crippen molar-refractivity contribution in [1.82, 2.24) is 14.8 Å². The van der Waals surface area contributed by atoms with E-state index in [0.29, 0.717) is 6.61 Å². The topological polar surface area (TPSA) is 111 Å². The Morgan fingerprint density at radius 2 is 1.62 bits per heavy atom. The second-order valence-electron chi connectivity index (χ2n) is 10.4. The van der Waals surface area contributed by atoms with Crippen LogP contribution in [-0.4, -0.2) is 56.6 Å². The second kappa shape index (κ2) is 9.26. The van der Waals surface area contributed by atoms with E-state index in [1.54, 1.807) is 4.68 Å². The predicted molar refractivity (Wildman–Crippen MR) is 125 cm³/mol. The summed E-state index contributed by atoms with van der Waals surface area (Å²) >= 11 is 0. The molecule has 11 heteroatoms. The third kappa shape index (κ3) is 4.23. The number of fused-ring (bicyclic) bond motifs is 1. The van der Waals surface area contributed by atoms with Crippen LogP contribution in [0.25, 0.3) is 0 Å². The molecule has 3 rings (SSSR count). The van der Waals surface area contributed by atoms with E-state index in [4.69, 9.17) is 23.4 Å². The Morgan fingerprint density at radius 1 is 1.06 bits per heavy atom. The SMILES string of the molecule is CC1C2O[Si](C(C)C)(C(C)C)O[Si](C(C)C)(C(C)C)OCC2OC1n1cnc(C(N)=O)n1. The maximum absolute atomic E-state index is 11.5. The van der Waals surface area contributed by atoms with Gasteiger partial charge in [-0.3, -0.25) is 4.79 Å². The molecule has 0 radical (unpaired) electrons. The number of primary amides is 1. The summed E-state index contributed by atoms with van der Waals surface area (Å²) < 4.78 is 29.1. The van der Waals surface area contributed by atoms with Crippen molar-refractivity contribution in [2.24, 2.45) is 11.7 Å². The van der Waals surface area contributed by atoms with Crippen LogP contribution in [0.5, 0.6) is 0 Å². The van der Waals surface area contributed by atoms with Gasteiger partial charge in [0.05, 0.1) is 12.7 Å². The Kier molecular flexibility index (Phi) is 7.38. The molecule has 32 heavy (non-hydrogen) atoms. The molecule has 1 amide bonds. The van der Waals surface area contributed by atoms with Gasteiger partial charge in [0, 0.05) is 5.92 Å². The molecule has 3 heterocycles. The van der Waals surface area contributed by atoms with E-state index in [0.717, 1.165) is 0 Å². The van der Waals surface area contributed by atoms with Crippen LogP contribution in [0.2, 0.25) is 22.2 Å². The fourth-order valence-corrected chi connectivity index (χ4v) is 16.4. The van der Waals surface area contributed by atoms with Crippen LogP contribution in [0.4, 0.5) is 0 Å². The first kappa shape index (κ1) is 25.5. The molecule has 2 aliphatic heterocycles. The summed E-state index contributed by atoms with van der Waals surface area (Å²) in [5.41, 5.74) is 6.37. The Hall–Kier alpha value is -1.12. The molecule has 4 unspecified atom stereocenters. The first-order valence-corrected chi connectivity index (χ1v) is 15.7. The standard InChI is InChI=1S/C21H40N4O5Si2/c1-12(2)31(13(3)4)27-10-17-18(29-32(30-31,14(5)6)15(7)8)16(9)21(28-17)25-11-23-20(24-25)19(22)26/h11-18,21H,10H2,1-9H3,(H2,22,26). The molecule has 0 aromatic carbocycles. The molecule has 2 N–H and O–H groups in total. The monoisotopic (exact) mass is 484 g/mol. The highest BCUT2D eigenvalue weighted by atomic mass is 28.5. The number of ether oxygens (including phenoxy) is 1.